The molecular weight excluding hydrogens is 250 g/mol. The van der Waals surface area contributed by atoms with Crippen molar-refractivity contribution in [1.82, 2.24) is 19.5 Å². The van der Waals surface area contributed by atoms with E-state index in [9.17, 15) is 0 Å². The molecule has 0 bridgehead atoms. The Kier molecular flexibility index (Phi) is 3.67. The van der Waals surface area contributed by atoms with E-state index in [0.29, 0.717) is 5.95 Å². The smallest absolute Gasteiger partial charge is 0.224 e. The van der Waals surface area contributed by atoms with Crippen molar-refractivity contribution >= 4 is 5.95 Å². The Morgan fingerprint density at radius 3 is 2.95 bits per heavy atom. The molecule has 0 fully saturated rings. The zero-order valence-electron chi connectivity index (χ0n) is 12.2. The van der Waals surface area contributed by atoms with Crippen molar-refractivity contribution in [3.05, 3.63) is 29.5 Å². The molecule has 0 amide bonds. The molecule has 5 nitrogen and oxygen atoms in total. The molecule has 3 rings (SSSR count). The maximum atomic E-state index is 4.66. The number of aromatic nitrogens is 4. The number of anilines is 1. The Morgan fingerprint density at radius 1 is 1.25 bits per heavy atom. The quantitative estimate of drug-likeness (QED) is 0.929. The largest absolute Gasteiger partial charge is 0.354 e. The number of aryl methyl sites for hydroxylation is 2. The monoisotopic (exact) mass is 271 g/mol. The number of nitrogens with zero attached hydrogens (tertiary/aromatic N) is 4. The maximum Gasteiger partial charge on any atom is 0.224 e. The van der Waals surface area contributed by atoms with E-state index in [1.807, 2.05) is 19.4 Å². The third-order valence-corrected chi connectivity index (χ3v) is 3.74. The van der Waals surface area contributed by atoms with Crippen molar-refractivity contribution in [3.63, 3.8) is 0 Å². The van der Waals surface area contributed by atoms with Gasteiger partial charge in [-0.15, -0.1) is 0 Å². The molecular formula is C15H21N5. The van der Waals surface area contributed by atoms with E-state index >= 15 is 0 Å². The Hall–Kier alpha value is -1.91. The summed E-state index contributed by atoms with van der Waals surface area (Å²) in [6.45, 7) is 5.08. The molecule has 106 valence electrons. The van der Waals surface area contributed by atoms with Gasteiger partial charge in [0.25, 0.3) is 0 Å². The van der Waals surface area contributed by atoms with E-state index in [1.165, 1.54) is 24.2 Å². The van der Waals surface area contributed by atoms with E-state index in [0.717, 1.165) is 37.2 Å². The molecule has 2 heterocycles. The zero-order chi connectivity index (χ0) is 13.9. The normalized spacial score (nSPS) is 14.1. The predicted molar refractivity (Wildman–Crippen MR) is 79.3 cm³/mol. The molecule has 2 aromatic rings. The summed E-state index contributed by atoms with van der Waals surface area (Å²) in [5.74, 6) is 1.65. The lowest BCUT2D eigenvalue weighted by atomic mass is 10.0. The first kappa shape index (κ1) is 13.1. The fourth-order valence-electron chi connectivity index (χ4n) is 2.65. The molecule has 1 aliphatic carbocycles. The van der Waals surface area contributed by atoms with Crippen LogP contribution in [-0.2, 0) is 12.8 Å². The average molecular weight is 271 g/mol. The highest BCUT2D eigenvalue weighted by molar-refractivity contribution is 5.40. The summed E-state index contributed by atoms with van der Waals surface area (Å²) in [5, 5.41) is 3.25. The van der Waals surface area contributed by atoms with Gasteiger partial charge in [-0.05, 0) is 39.0 Å². The van der Waals surface area contributed by atoms with Crippen molar-refractivity contribution in [2.24, 2.45) is 0 Å². The third-order valence-electron chi connectivity index (χ3n) is 3.74. The molecule has 0 unspecified atom stereocenters. The van der Waals surface area contributed by atoms with Gasteiger partial charge in [0.05, 0.1) is 5.69 Å². The number of nitrogens with one attached hydrogen (secondary N) is 1. The first-order valence-electron chi connectivity index (χ1n) is 7.42. The molecule has 1 N–H and O–H groups in total. The summed E-state index contributed by atoms with van der Waals surface area (Å²) in [5.41, 5.74) is 3.63. The van der Waals surface area contributed by atoms with Gasteiger partial charge >= 0.3 is 0 Å². The fraction of sp³-hybridized carbons (Fsp3) is 0.533. The molecule has 0 atom stereocenters. The minimum absolute atomic E-state index is 0.700. The second-order valence-corrected chi connectivity index (χ2v) is 5.34. The first-order valence-corrected chi connectivity index (χ1v) is 7.42. The Balaban J connectivity index is 1.98. The van der Waals surface area contributed by atoms with Gasteiger partial charge < -0.3 is 5.32 Å². The summed E-state index contributed by atoms with van der Waals surface area (Å²) in [6.07, 6.45) is 9.53. The Labute approximate surface area is 119 Å². The van der Waals surface area contributed by atoms with Gasteiger partial charge in [0, 0.05) is 24.0 Å². The van der Waals surface area contributed by atoms with Gasteiger partial charge in [0.1, 0.15) is 12.1 Å². The highest BCUT2D eigenvalue weighted by Gasteiger charge is 2.18. The van der Waals surface area contributed by atoms with Crippen LogP contribution in [0, 0.1) is 6.92 Å². The summed E-state index contributed by atoms with van der Waals surface area (Å²) in [7, 11) is 0. The third kappa shape index (κ3) is 2.40. The van der Waals surface area contributed by atoms with E-state index in [4.69, 9.17) is 0 Å². The molecule has 0 aliphatic heterocycles. The Bertz CT molecular complexity index is 602. The molecule has 0 radical (unpaired) electrons. The first-order chi connectivity index (χ1) is 9.79. The van der Waals surface area contributed by atoms with Crippen LogP contribution in [0.5, 0.6) is 0 Å². The van der Waals surface area contributed by atoms with Gasteiger partial charge in [0.2, 0.25) is 5.95 Å². The molecule has 20 heavy (non-hydrogen) atoms. The van der Waals surface area contributed by atoms with Gasteiger partial charge in [-0.3, -0.25) is 4.57 Å². The predicted octanol–water partition coefficient (Wildman–Crippen LogP) is 2.67. The molecule has 2 aromatic heterocycles. The molecule has 0 saturated heterocycles. The second-order valence-electron chi connectivity index (χ2n) is 5.34. The molecule has 0 saturated carbocycles. The van der Waals surface area contributed by atoms with Crippen LogP contribution in [-0.4, -0.2) is 26.1 Å². The lowest BCUT2D eigenvalue weighted by Gasteiger charge is -2.15. The topological polar surface area (TPSA) is 55.6 Å². The van der Waals surface area contributed by atoms with Gasteiger partial charge in [-0.25, -0.2) is 9.97 Å². The Morgan fingerprint density at radius 2 is 2.10 bits per heavy atom. The standard InChI is InChI=1S/C15H21N5/c1-3-8-16-15-17-9-11(2)14(19-15)20-10-18-12-6-4-5-7-13(12)20/h9-10H,3-8H2,1-2H3,(H,16,17,19). The SMILES string of the molecule is CCCNc1ncc(C)c(-n2cnc3c2CCCC3)n1. The summed E-state index contributed by atoms with van der Waals surface area (Å²) >= 11 is 0. The van der Waals surface area contributed by atoms with Crippen molar-refractivity contribution < 1.29 is 0 Å². The average Bonchev–Trinajstić information content (AvgIpc) is 2.90. The van der Waals surface area contributed by atoms with Crippen LogP contribution in [0.25, 0.3) is 5.82 Å². The van der Waals surface area contributed by atoms with E-state index in [2.05, 4.69) is 31.8 Å². The minimum atomic E-state index is 0.700. The second kappa shape index (κ2) is 5.61. The van der Waals surface area contributed by atoms with Crippen molar-refractivity contribution in [2.75, 3.05) is 11.9 Å². The van der Waals surface area contributed by atoms with Gasteiger partial charge in [-0.1, -0.05) is 6.92 Å². The highest BCUT2D eigenvalue weighted by atomic mass is 15.2. The van der Waals surface area contributed by atoms with Crippen molar-refractivity contribution in [3.8, 4) is 5.82 Å². The number of hydrogen-bond acceptors (Lipinski definition) is 4. The number of imidazole rings is 1. The highest BCUT2D eigenvalue weighted by Crippen LogP contribution is 2.23. The van der Waals surface area contributed by atoms with Crippen LogP contribution < -0.4 is 5.32 Å². The molecule has 0 aromatic carbocycles. The molecule has 0 spiro atoms. The van der Waals surface area contributed by atoms with Crippen molar-refractivity contribution in [1.29, 1.82) is 0 Å². The van der Waals surface area contributed by atoms with E-state index < -0.39 is 0 Å². The lowest BCUT2D eigenvalue weighted by Crippen LogP contribution is -2.11. The molecule has 1 aliphatic rings. The maximum absolute atomic E-state index is 4.66. The van der Waals surface area contributed by atoms with Crippen LogP contribution in [0.3, 0.4) is 0 Å². The number of hydrogen-bond donors (Lipinski definition) is 1. The summed E-state index contributed by atoms with van der Waals surface area (Å²) in [4.78, 5) is 13.6. The van der Waals surface area contributed by atoms with Gasteiger partial charge in [-0.2, -0.15) is 4.98 Å². The summed E-state index contributed by atoms with van der Waals surface area (Å²) in [6, 6.07) is 0. The van der Waals surface area contributed by atoms with Crippen LogP contribution in [0.15, 0.2) is 12.5 Å². The van der Waals surface area contributed by atoms with Crippen LogP contribution in [0.1, 0.15) is 43.1 Å². The van der Waals surface area contributed by atoms with Crippen LogP contribution in [0.2, 0.25) is 0 Å². The minimum Gasteiger partial charge on any atom is -0.354 e. The number of rotatable bonds is 4. The van der Waals surface area contributed by atoms with Gasteiger partial charge in [0.15, 0.2) is 0 Å². The fourth-order valence-corrected chi connectivity index (χ4v) is 2.65. The zero-order valence-corrected chi connectivity index (χ0v) is 12.2. The van der Waals surface area contributed by atoms with E-state index in [1.54, 1.807) is 0 Å². The van der Waals surface area contributed by atoms with E-state index in [-0.39, 0.29) is 0 Å². The molecule has 5 heteroatoms. The lowest BCUT2D eigenvalue weighted by molar-refractivity contribution is 0.653. The summed E-state index contributed by atoms with van der Waals surface area (Å²) < 4.78 is 2.14. The van der Waals surface area contributed by atoms with Crippen molar-refractivity contribution in [2.45, 2.75) is 46.0 Å². The number of fused-ring (bicyclic) bond motifs is 1. The van der Waals surface area contributed by atoms with Crippen LogP contribution in [0.4, 0.5) is 5.95 Å². The van der Waals surface area contributed by atoms with Crippen LogP contribution >= 0.6 is 0 Å².